The maximum absolute atomic E-state index is 11.8. The van der Waals surface area contributed by atoms with E-state index in [1.807, 2.05) is 11.8 Å². The first-order chi connectivity index (χ1) is 8.29. The molecule has 0 saturated carbocycles. The number of benzene rings is 1. The van der Waals surface area contributed by atoms with Crippen molar-refractivity contribution in [3.05, 3.63) is 35.4 Å². The van der Waals surface area contributed by atoms with E-state index in [0.717, 1.165) is 28.8 Å². The Morgan fingerprint density at radius 2 is 2.06 bits per heavy atom. The van der Waals surface area contributed by atoms with Gasteiger partial charge in [-0.25, -0.2) is 0 Å². The van der Waals surface area contributed by atoms with E-state index in [1.54, 1.807) is 0 Å². The molecular weight excluding hydrogens is 298 g/mol. The maximum Gasteiger partial charge on any atom is 0.224 e. The molecule has 1 aliphatic rings. The average Bonchev–Trinajstić information content (AvgIpc) is 2.90. The highest BCUT2D eigenvalue weighted by Gasteiger charge is 2.22. The van der Waals surface area contributed by atoms with Gasteiger partial charge in [0.2, 0.25) is 5.91 Å². The molecule has 1 fully saturated rings. The molecule has 2 nitrogen and oxygen atoms in total. The van der Waals surface area contributed by atoms with Crippen LogP contribution in [0.15, 0.2) is 24.3 Å². The number of thioether (sulfide) groups is 1. The van der Waals surface area contributed by atoms with Crippen molar-refractivity contribution in [1.82, 2.24) is 5.32 Å². The van der Waals surface area contributed by atoms with Gasteiger partial charge in [0.1, 0.15) is 0 Å². The van der Waals surface area contributed by atoms with Crippen LogP contribution in [0, 0.1) is 5.92 Å². The summed E-state index contributed by atoms with van der Waals surface area (Å²) in [5.41, 5.74) is 2.42. The van der Waals surface area contributed by atoms with Crippen LogP contribution in [0.3, 0.4) is 0 Å². The summed E-state index contributed by atoms with van der Waals surface area (Å²) in [6, 6.07) is 8.31. The van der Waals surface area contributed by atoms with Gasteiger partial charge in [-0.15, -0.1) is 0 Å². The largest absolute Gasteiger partial charge is 0.352 e. The second-order valence-corrected chi connectivity index (χ2v) is 5.94. The van der Waals surface area contributed by atoms with E-state index in [4.69, 9.17) is 0 Å². The highest BCUT2D eigenvalue weighted by atomic mass is 79.9. The van der Waals surface area contributed by atoms with Gasteiger partial charge < -0.3 is 5.32 Å². The van der Waals surface area contributed by atoms with Crippen LogP contribution in [-0.2, 0) is 16.7 Å². The van der Waals surface area contributed by atoms with Crippen molar-refractivity contribution in [2.24, 2.45) is 5.92 Å². The lowest BCUT2D eigenvalue weighted by Crippen LogP contribution is -2.30. The van der Waals surface area contributed by atoms with Crippen LogP contribution in [0.4, 0.5) is 0 Å². The summed E-state index contributed by atoms with van der Waals surface area (Å²) in [5, 5.41) is 3.89. The molecule has 1 atom stereocenters. The first-order valence-electron chi connectivity index (χ1n) is 5.79. The number of carbonyl (C=O) groups is 1. The third-order valence-corrected chi connectivity index (χ3v) is 4.75. The molecular formula is C13H16BrNOS. The quantitative estimate of drug-likeness (QED) is 0.866. The molecule has 0 radical (unpaired) electrons. The van der Waals surface area contributed by atoms with E-state index < -0.39 is 0 Å². The third-order valence-electron chi connectivity index (χ3n) is 2.94. The molecule has 0 bridgehead atoms. The Kier molecular flexibility index (Phi) is 4.92. The zero-order valence-electron chi connectivity index (χ0n) is 9.62. The van der Waals surface area contributed by atoms with Gasteiger partial charge in [-0.3, -0.25) is 4.79 Å². The zero-order valence-corrected chi connectivity index (χ0v) is 12.0. The Morgan fingerprint density at radius 3 is 2.65 bits per heavy atom. The number of hydrogen-bond acceptors (Lipinski definition) is 2. The lowest BCUT2D eigenvalue weighted by atomic mass is 10.1. The van der Waals surface area contributed by atoms with Crippen molar-refractivity contribution < 1.29 is 4.79 Å². The SMILES string of the molecule is O=C(NCc1ccc(CBr)cc1)C1CCSC1. The summed E-state index contributed by atoms with van der Waals surface area (Å²) in [5.74, 6) is 2.54. The van der Waals surface area contributed by atoms with E-state index in [2.05, 4.69) is 45.5 Å². The van der Waals surface area contributed by atoms with Crippen molar-refractivity contribution in [3.8, 4) is 0 Å². The molecule has 1 aromatic carbocycles. The average molecular weight is 314 g/mol. The van der Waals surface area contributed by atoms with E-state index in [0.29, 0.717) is 6.54 Å². The van der Waals surface area contributed by atoms with Gasteiger partial charge >= 0.3 is 0 Å². The summed E-state index contributed by atoms with van der Waals surface area (Å²) in [4.78, 5) is 11.8. The molecule has 0 aromatic heterocycles. The molecule has 92 valence electrons. The number of hydrogen-bond donors (Lipinski definition) is 1. The van der Waals surface area contributed by atoms with Crippen LogP contribution in [0.25, 0.3) is 0 Å². The molecule has 1 aromatic rings. The maximum atomic E-state index is 11.8. The number of rotatable bonds is 4. The van der Waals surface area contributed by atoms with Crippen LogP contribution in [0.2, 0.25) is 0 Å². The van der Waals surface area contributed by atoms with Crippen LogP contribution in [0.1, 0.15) is 17.5 Å². The van der Waals surface area contributed by atoms with Crippen LogP contribution in [-0.4, -0.2) is 17.4 Å². The van der Waals surface area contributed by atoms with Crippen molar-refractivity contribution in [2.45, 2.75) is 18.3 Å². The lowest BCUT2D eigenvalue weighted by molar-refractivity contribution is -0.124. The van der Waals surface area contributed by atoms with Crippen LogP contribution in [0.5, 0.6) is 0 Å². The van der Waals surface area contributed by atoms with Crippen molar-refractivity contribution in [3.63, 3.8) is 0 Å². The standard InChI is InChI=1S/C13H16BrNOS/c14-7-10-1-3-11(4-2-10)8-15-13(16)12-5-6-17-9-12/h1-4,12H,5-9H2,(H,15,16). The molecule has 17 heavy (non-hydrogen) atoms. The van der Waals surface area contributed by atoms with Crippen LogP contribution >= 0.6 is 27.7 Å². The zero-order chi connectivity index (χ0) is 12.1. The van der Waals surface area contributed by atoms with Gasteiger partial charge in [0.15, 0.2) is 0 Å². The Bertz CT molecular complexity index is 374. The van der Waals surface area contributed by atoms with E-state index >= 15 is 0 Å². The summed E-state index contributed by atoms with van der Waals surface area (Å²) in [6.45, 7) is 0.641. The molecule has 1 amide bonds. The monoisotopic (exact) mass is 313 g/mol. The van der Waals surface area contributed by atoms with Crippen molar-refractivity contribution >= 4 is 33.6 Å². The molecule has 4 heteroatoms. The van der Waals surface area contributed by atoms with Gasteiger partial charge in [-0.2, -0.15) is 11.8 Å². The molecule has 1 aliphatic heterocycles. The first kappa shape index (κ1) is 13.0. The third kappa shape index (κ3) is 3.75. The highest BCUT2D eigenvalue weighted by molar-refractivity contribution is 9.08. The summed E-state index contributed by atoms with van der Waals surface area (Å²) in [6.07, 6.45) is 1.03. The Labute approximate surface area is 115 Å². The second-order valence-electron chi connectivity index (χ2n) is 4.23. The van der Waals surface area contributed by atoms with Gasteiger partial charge in [-0.1, -0.05) is 40.2 Å². The van der Waals surface area contributed by atoms with Gasteiger partial charge in [0.25, 0.3) is 0 Å². The second kappa shape index (κ2) is 6.45. The fourth-order valence-electron chi connectivity index (χ4n) is 1.82. The molecule has 0 spiro atoms. The summed E-state index contributed by atoms with van der Waals surface area (Å²) < 4.78 is 0. The molecule has 1 saturated heterocycles. The van der Waals surface area contributed by atoms with Crippen molar-refractivity contribution in [2.75, 3.05) is 11.5 Å². The highest BCUT2D eigenvalue weighted by Crippen LogP contribution is 2.23. The molecule has 1 N–H and O–H groups in total. The number of halogens is 1. The fraction of sp³-hybridized carbons (Fsp3) is 0.462. The predicted molar refractivity (Wildman–Crippen MR) is 76.4 cm³/mol. The predicted octanol–water partition coefficient (Wildman–Crippen LogP) is 2.95. The minimum atomic E-state index is 0.208. The molecule has 1 heterocycles. The minimum absolute atomic E-state index is 0.208. The van der Waals surface area contributed by atoms with Gasteiger partial charge in [0.05, 0.1) is 0 Å². The normalized spacial score (nSPS) is 19.2. The topological polar surface area (TPSA) is 29.1 Å². The van der Waals surface area contributed by atoms with E-state index in [9.17, 15) is 4.79 Å². The Hall–Kier alpha value is -0.480. The number of nitrogens with one attached hydrogen (secondary N) is 1. The molecule has 1 unspecified atom stereocenters. The Morgan fingerprint density at radius 1 is 1.35 bits per heavy atom. The number of amides is 1. The fourth-order valence-corrected chi connectivity index (χ4v) is 3.42. The van der Waals surface area contributed by atoms with Crippen LogP contribution < -0.4 is 5.32 Å². The Balaban J connectivity index is 1.82. The van der Waals surface area contributed by atoms with Gasteiger partial charge in [0, 0.05) is 23.5 Å². The van der Waals surface area contributed by atoms with Crippen molar-refractivity contribution in [1.29, 1.82) is 0 Å². The molecule has 2 rings (SSSR count). The van der Waals surface area contributed by atoms with E-state index in [1.165, 1.54) is 5.56 Å². The molecule has 0 aliphatic carbocycles. The smallest absolute Gasteiger partial charge is 0.224 e. The first-order valence-corrected chi connectivity index (χ1v) is 8.06. The summed E-state index contributed by atoms with van der Waals surface area (Å²) >= 11 is 5.29. The van der Waals surface area contributed by atoms with Gasteiger partial charge in [-0.05, 0) is 23.3 Å². The number of alkyl halides is 1. The number of carbonyl (C=O) groups excluding carboxylic acids is 1. The summed E-state index contributed by atoms with van der Waals surface area (Å²) in [7, 11) is 0. The van der Waals surface area contributed by atoms with E-state index in [-0.39, 0.29) is 11.8 Å². The minimum Gasteiger partial charge on any atom is -0.352 e. The lowest BCUT2D eigenvalue weighted by Gasteiger charge is -2.10.